The first kappa shape index (κ1) is 33.3. The molecule has 0 amide bonds. The number of rotatable bonds is 11. The fourth-order valence-corrected chi connectivity index (χ4v) is 8.69. The second-order valence-electron chi connectivity index (χ2n) is 12.0. The van der Waals surface area contributed by atoms with Crippen LogP contribution in [0.25, 0.3) is 11.1 Å². The summed E-state index contributed by atoms with van der Waals surface area (Å²) in [5.41, 5.74) is 8.21. The Morgan fingerprint density at radius 1 is 0.375 bits per heavy atom. The van der Waals surface area contributed by atoms with Crippen molar-refractivity contribution in [1.29, 1.82) is 0 Å². The van der Waals surface area contributed by atoms with E-state index in [9.17, 15) is 0 Å². The third-order valence-electron chi connectivity index (χ3n) is 7.99. The van der Waals surface area contributed by atoms with Crippen molar-refractivity contribution in [3.05, 3.63) is 167 Å². The highest BCUT2D eigenvalue weighted by Gasteiger charge is 2.27. The molecule has 0 saturated heterocycles. The standard InChI is InChI=1S/C42H40O4P2/c1-29-25-33(5)41(45-47(35-19-9-7-10-20-35)36-21-11-8-12-22-36)37(27-29)38-28-30(2)26-34(6)42(38)46-48(43-39-23-15-13-17-31(39)3)44-40-24-16-14-18-32(40)4/h7-28H,1-6H3. The van der Waals surface area contributed by atoms with Gasteiger partial charge in [-0.25, -0.2) is 0 Å². The van der Waals surface area contributed by atoms with Crippen LogP contribution in [-0.2, 0) is 0 Å². The lowest BCUT2D eigenvalue weighted by Crippen LogP contribution is -2.16. The molecule has 0 radical (unpaired) electrons. The second kappa shape index (κ2) is 15.1. The van der Waals surface area contributed by atoms with Crippen LogP contribution >= 0.6 is 16.8 Å². The molecule has 0 aromatic heterocycles. The van der Waals surface area contributed by atoms with Gasteiger partial charge in [0.05, 0.1) is 0 Å². The highest BCUT2D eigenvalue weighted by atomic mass is 31.2. The lowest BCUT2D eigenvalue weighted by Gasteiger charge is -2.25. The molecule has 4 nitrogen and oxygen atoms in total. The van der Waals surface area contributed by atoms with Crippen molar-refractivity contribution in [2.24, 2.45) is 0 Å². The Morgan fingerprint density at radius 2 is 0.771 bits per heavy atom. The maximum atomic E-state index is 7.17. The zero-order chi connectivity index (χ0) is 33.6. The van der Waals surface area contributed by atoms with Crippen LogP contribution in [0.1, 0.15) is 33.4 Å². The molecule has 48 heavy (non-hydrogen) atoms. The highest BCUT2D eigenvalue weighted by molar-refractivity contribution is 7.68. The van der Waals surface area contributed by atoms with Gasteiger partial charge in [0.25, 0.3) is 0 Å². The van der Waals surface area contributed by atoms with Gasteiger partial charge in [0.2, 0.25) is 0 Å². The van der Waals surface area contributed by atoms with Gasteiger partial charge in [0, 0.05) is 21.7 Å². The minimum atomic E-state index is -1.91. The lowest BCUT2D eigenvalue weighted by atomic mass is 9.95. The first-order chi connectivity index (χ1) is 23.3. The van der Waals surface area contributed by atoms with Crippen molar-refractivity contribution in [2.45, 2.75) is 41.5 Å². The van der Waals surface area contributed by atoms with Crippen molar-refractivity contribution >= 4 is 27.4 Å². The molecule has 0 spiro atoms. The van der Waals surface area contributed by atoms with E-state index in [-0.39, 0.29) is 0 Å². The van der Waals surface area contributed by atoms with Crippen molar-refractivity contribution in [1.82, 2.24) is 0 Å². The van der Waals surface area contributed by atoms with Crippen LogP contribution in [0.5, 0.6) is 23.0 Å². The van der Waals surface area contributed by atoms with E-state index in [0.29, 0.717) is 5.75 Å². The Labute approximate surface area is 287 Å². The average molecular weight is 671 g/mol. The quantitative estimate of drug-likeness (QED) is 0.129. The van der Waals surface area contributed by atoms with Crippen LogP contribution in [0.4, 0.5) is 0 Å². The van der Waals surface area contributed by atoms with E-state index in [2.05, 4.69) is 100 Å². The van der Waals surface area contributed by atoms with Gasteiger partial charge < -0.3 is 18.1 Å². The third-order valence-corrected chi connectivity index (χ3v) is 10.9. The van der Waals surface area contributed by atoms with Gasteiger partial charge in [0.15, 0.2) is 8.15 Å². The molecular weight excluding hydrogens is 630 g/mol. The molecule has 242 valence electrons. The summed E-state index contributed by atoms with van der Waals surface area (Å²) < 4.78 is 27.1. The fraction of sp³-hybridized carbons (Fsp3) is 0.143. The Morgan fingerprint density at radius 3 is 1.21 bits per heavy atom. The SMILES string of the molecule is Cc1cc(C)c(OP(Oc2ccccc2C)Oc2ccccc2C)c(-c2cc(C)cc(C)c2OP(c2ccccc2)c2ccccc2)c1. The molecule has 0 aliphatic heterocycles. The Hall–Kier alpha value is -4.62. The van der Waals surface area contributed by atoms with Crippen molar-refractivity contribution < 1.29 is 18.1 Å². The molecule has 0 aliphatic carbocycles. The van der Waals surface area contributed by atoms with Gasteiger partial charge in [-0.2, -0.15) is 0 Å². The molecule has 0 N–H and O–H groups in total. The maximum absolute atomic E-state index is 7.17. The largest absolute Gasteiger partial charge is 0.530 e. The first-order valence-corrected chi connectivity index (χ1v) is 18.4. The monoisotopic (exact) mass is 670 g/mol. The van der Waals surface area contributed by atoms with Gasteiger partial charge >= 0.3 is 8.60 Å². The molecule has 6 rings (SSSR count). The van der Waals surface area contributed by atoms with Gasteiger partial charge in [-0.15, -0.1) is 0 Å². The molecule has 6 aromatic rings. The predicted molar refractivity (Wildman–Crippen MR) is 202 cm³/mol. The van der Waals surface area contributed by atoms with Crippen LogP contribution in [0, 0.1) is 41.5 Å². The van der Waals surface area contributed by atoms with Gasteiger partial charge in [-0.05, 0) is 99.2 Å². The third kappa shape index (κ3) is 7.74. The summed E-state index contributed by atoms with van der Waals surface area (Å²) in [7, 11) is -3.07. The smallest absolute Gasteiger partial charge is 0.464 e. The molecule has 6 heteroatoms. The summed E-state index contributed by atoms with van der Waals surface area (Å²) in [6, 6.07) is 45.5. The summed E-state index contributed by atoms with van der Waals surface area (Å²) in [6.45, 7) is 12.5. The van der Waals surface area contributed by atoms with E-state index in [1.165, 1.54) is 0 Å². The molecule has 0 heterocycles. The average Bonchev–Trinajstić information content (AvgIpc) is 3.08. The van der Waals surface area contributed by atoms with Gasteiger partial charge in [-0.3, -0.25) is 0 Å². The van der Waals surface area contributed by atoms with E-state index in [4.69, 9.17) is 18.1 Å². The Bertz CT molecular complexity index is 1920. The molecule has 0 unspecified atom stereocenters. The van der Waals surface area contributed by atoms with E-state index in [0.717, 1.165) is 72.4 Å². The topological polar surface area (TPSA) is 36.9 Å². The molecule has 0 fully saturated rings. The van der Waals surface area contributed by atoms with Crippen molar-refractivity contribution in [3.8, 4) is 34.1 Å². The number of benzene rings is 6. The van der Waals surface area contributed by atoms with Crippen LogP contribution < -0.4 is 28.7 Å². The zero-order valence-corrected chi connectivity index (χ0v) is 30.0. The zero-order valence-electron chi connectivity index (χ0n) is 28.2. The fourth-order valence-electron chi connectivity index (χ4n) is 5.63. The van der Waals surface area contributed by atoms with Gasteiger partial charge in [-0.1, -0.05) is 109 Å². The summed E-state index contributed by atoms with van der Waals surface area (Å²) in [4.78, 5) is 0. The molecular formula is C42H40O4P2. The van der Waals surface area contributed by atoms with Crippen LogP contribution in [0.3, 0.4) is 0 Å². The molecule has 0 atom stereocenters. The minimum Gasteiger partial charge on any atom is -0.464 e. The summed E-state index contributed by atoms with van der Waals surface area (Å²) in [5, 5.41) is 2.28. The van der Waals surface area contributed by atoms with Crippen LogP contribution in [0.15, 0.2) is 133 Å². The summed E-state index contributed by atoms with van der Waals surface area (Å²) in [6.07, 6.45) is 0. The predicted octanol–water partition coefficient (Wildman–Crippen LogP) is 11.4. The van der Waals surface area contributed by atoms with Crippen molar-refractivity contribution in [3.63, 3.8) is 0 Å². The summed E-state index contributed by atoms with van der Waals surface area (Å²) >= 11 is 0. The van der Waals surface area contributed by atoms with Gasteiger partial charge in [0.1, 0.15) is 23.0 Å². The summed E-state index contributed by atoms with van der Waals surface area (Å²) in [5.74, 6) is 2.97. The van der Waals surface area contributed by atoms with E-state index in [1.807, 2.05) is 74.5 Å². The highest BCUT2D eigenvalue weighted by Crippen LogP contribution is 2.51. The maximum Gasteiger partial charge on any atom is 0.530 e. The van der Waals surface area contributed by atoms with Crippen LogP contribution in [0.2, 0.25) is 0 Å². The second-order valence-corrected chi connectivity index (χ2v) is 14.8. The van der Waals surface area contributed by atoms with E-state index >= 15 is 0 Å². The normalized spacial score (nSPS) is 11.1. The van der Waals surface area contributed by atoms with Crippen molar-refractivity contribution in [2.75, 3.05) is 0 Å². The molecule has 6 aromatic carbocycles. The first-order valence-electron chi connectivity index (χ1n) is 16.0. The molecule has 0 aliphatic rings. The number of aryl methyl sites for hydroxylation is 6. The number of hydrogen-bond acceptors (Lipinski definition) is 4. The molecule has 0 saturated carbocycles. The van der Waals surface area contributed by atoms with E-state index in [1.54, 1.807) is 0 Å². The minimum absolute atomic E-state index is 0.701. The van der Waals surface area contributed by atoms with Crippen LogP contribution in [-0.4, -0.2) is 0 Å². The Kier molecular flexibility index (Phi) is 10.5. The Balaban J connectivity index is 1.47. The lowest BCUT2D eigenvalue weighted by molar-refractivity contribution is 0.385. The van der Waals surface area contributed by atoms with E-state index < -0.39 is 16.8 Å². The number of hydrogen-bond donors (Lipinski definition) is 0. The molecule has 0 bridgehead atoms. The number of para-hydroxylation sites is 2.